The van der Waals surface area contributed by atoms with Crippen LogP contribution < -0.4 is 17.2 Å². The van der Waals surface area contributed by atoms with E-state index in [0.717, 1.165) is 44.8 Å². The molecule has 3 aliphatic heterocycles. The molecule has 0 bridgehead atoms. The molecule has 7 N–H and O–H groups in total. The van der Waals surface area contributed by atoms with E-state index in [-0.39, 0.29) is 42.0 Å². The van der Waals surface area contributed by atoms with Crippen LogP contribution in [-0.2, 0) is 14.2 Å². The number of benzene rings is 2. The van der Waals surface area contributed by atoms with E-state index in [4.69, 9.17) is 31.4 Å². The molecule has 0 spiro atoms. The van der Waals surface area contributed by atoms with E-state index in [1.54, 1.807) is 30.3 Å². The number of para-hydroxylation sites is 1. The summed E-state index contributed by atoms with van der Waals surface area (Å²) in [7, 11) is 0. The van der Waals surface area contributed by atoms with Crippen molar-refractivity contribution in [2.24, 2.45) is 17.2 Å². The molecule has 11 heteroatoms. The minimum atomic E-state index is -0.280. The summed E-state index contributed by atoms with van der Waals surface area (Å²) in [4.78, 5) is 19.6. The largest absolute Gasteiger partial charge is 0.507 e. The highest BCUT2D eigenvalue weighted by Gasteiger charge is 2.34. The van der Waals surface area contributed by atoms with E-state index in [1.165, 1.54) is 0 Å². The summed E-state index contributed by atoms with van der Waals surface area (Å²) in [5, 5.41) is 10.3. The van der Waals surface area contributed by atoms with Gasteiger partial charge in [0.15, 0.2) is 6.29 Å². The molecule has 0 saturated carbocycles. The first kappa shape index (κ1) is 30.7. The number of hydrogen-bond acceptors (Lipinski definition) is 10. The zero-order valence-electron chi connectivity index (χ0n) is 25.0. The highest BCUT2D eigenvalue weighted by atomic mass is 16.7. The van der Waals surface area contributed by atoms with Gasteiger partial charge in [0, 0.05) is 56.1 Å². The van der Waals surface area contributed by atoms with Crippen molar-refractivity contribution in [1.82, 2.24) is 14.7 Å². The van der Waals surface area contributed by atoms with Gasteiger partial charge in [0.2, 0.25) is 0 Å². The molecular formula is C32H44N6O5. The molecule has 2 aromatic rings. The Bertz CT molecular complexity index is 1310. The predicted molar refractivity (Wildman–Crippen MR) is 164 cm³/mol. The number of piperazine rings is 1. The van der Waals surface area contributed by atoms with Gasteiger partial charge in [0.25, 0.3) is 5.91 Å². The Labute approximate surface area is 253 Å². The molecule has 232 valence electrons. The first-order valence-corrected chi connectivity index (χ1v) is 15.0. The second kappa shape index (κ2) is 13.7. The molecule has 3 saturated heterocycles. The first-order chi connectivity index (χ1) is 20.7. The van der Waals surface area contributed by atoms with Crippen molar-refractivity contribution >= 4 is 11.6 Å². The number of amides is 1. The third kappa shape index (κ3) is 7.24. The van der Waals surface area contributed by atoms with Gasteiger partial charge in [-0.1, -0.05) is 24.3 Å². The SMILES string of the molecule is CC1OC(c2ccc(C(=O)N3CCN(CC4OCCCO4)CC3)cc2)CN(C(/C=C(\N)c2ccccc2O)=C(N)N)C1C. The molecule has 0 radical (unpaired) electrons. The van der Waals surface area contributed by atoms with E-state index < -0.39 is 0 Å². The summed E-state index contributed by atoms with van der Waals surface area (Å²) >= 11 is 0. The lowest BCUT2D eigenvalue weighted by molar-refractivity contribution is -0.187. The molecule has 5 rings (SSSR count). The van der Waals surface area contributed by atoms with Crippen LogP contribution in [-0.4, -0.2) is 96.6 Å². The minimum Gasteiger partial charge on any atom is -0.507 e. The van der Waals surface area contributed by atoms with Gasteiger partial charge in [0.1, 0.15) is 17.7 Å². The van der Waals surface area contributed by atoms with Crippen LogP contribution in [0.2, 0.25) is 0 Å². The number of ether oxygens (including phenoxy) is 3. The van der Waals surface area contributed by atoms with Gasteiger partial charge in [-0.25, -0.2) is 0 Å². The van der Waals surface area contributed by atoms with Crippen LogP contribution in [0.1, 0.15) is 47.9 Å². The molecule has 1 amide bonds. The van der Waals surface area contributed by atoms with E-state index in [2.05, 4.69) is 9.80 Å². The third-order valence-corrected chi connectivity index (χ3v) is 8.52. The van der Waals surface area contributed by atoms with Gasteiger partial charge < -0.3 is 46.3 Å². The molecule has 2 aromatic carbocycles. The maximum Gasteiger partial charge on any atom is 0.253 e. The molecule has 3 atom stereocenters. The summed E-state index contributed by atoms with van der Waals surface area (Å²) in [6, 6.07) is 14.5. The maximum atomic E-state index is 13.3. The van der Waals surface area contributed by atoms with Gasteiger partial charge in [-0.15, -0.1) is 0 Å². The number of carbonyl (C=O) groups excluding carboxylic acids is 1. The number of phenolic OH excluding ortho intramolecular Hbond substituents is 1. The quantitative estimate of drug-likeness (QED) is 0.352. The Morgan fingerprint density at radius 3 is 2.30 bits per heavy atom. The fourth-order valence-electron chi connectivity index (χ4n) is 5.80. The standard InChI is InChI=1S/C32H44N6O5/c1-21-22(2)43-29(19-38(21)27(31(34)35)18-26(33)25-6-3-4-7-28(25)39)23-8-10-24(11-9-23)32(40)37-14-12-36(13-15-37)20-30-41-16-5-17-42-30/h3-4,6-11,18,21-22,29-30,39H,5,12-17,19-20,33-35H2,1-2H3/b26-18-. The van der Waals surface area contributed by atoms with Crippen LogP contribution in [0.25, 0.3) is 5.70 Å². The lowest BCUT2D eigenvalue weighted by atomic mass is 10.00. The van der Waals surface area contributed by atoms with Crippen LogP contribution in [0.4, 0.5) is 0 Å². The number of allylic oxidation sites excluding steroid dienone is 1. The number of aromatic hydroxyl groups is 1. The number of hydrogen-bond donors (Lipinski definition) is 4. The molecule has 3 heterocycles. The van der Waals surface area contributed by atoms with Crippen molar-refractivity contribution < 1.29 is 24.1 Å². The Morgan fingerprint density at radius 2 is 1.65 bits per heavy atom. The van der Waals surface area contributed by atoms with E-state index in [0.29, 0.717) is 42.2 Å². The normalized spacial score (nSPS) is 24.1. The summed E-state index contributed by atoms with van der Waals surface area (Å²) in [5.74, 6) is 0.223. The van der Waals surface area contributed by atoms with Crippen LogP contribution in [0, 0.1) is 0 Å². The molecule has 3 unspecified atom stereocenters. The fraction of sp³-hybridized carbons (Fsp3) is 0.469. The number of nitrogens with zero attached hydrogens (tertiary/aromatic N) is 3. The smallest absolute Gasteiger partial charge is 0.253 e. The van der Waals surface area contributed by atoms with Crippen molar-refractivity contribution in [2.45, 2.75) is 44.8 Å². The molecule has 3 aliphatic rings. The van der Waals surface area contributed by atoms with Crippen molar-refractivity contribution in [3.8, 4) is 5.75 Å². The lowest BCUT2D eigenvalue weighted by Crippen LogP contribution is -2.51. The highest BCUT2D eigenvalue weighted by molar-refractivity contribution is 5.94. The number of phenols is 1. The summed E-state index contributed by atoms with van der Waals surface area (Å²) in [6.45, 7) is 9.65. The van der Waals surface area contributed by atoms with Gasteiger partial charge in [-0.3, -0.25) is 9.69 Å². The third-order valence-electron chi connectivity index (χ3n) is 8.52. The van der Waals surface area contributed by atoms with Crippen molar-refractivity contribution in [3.05, 3.63) is 82.8 Å². The van der Waals surface area contributed by atoms with E-state index in [9.17, 15) is 9.90 Å². The highest BCUT2D eigenvalue weighted by Crippen LogP contribution is 2.33. The van der Waals surface area contributed by atoms with Crippen LogP contribution >= 0.6 is 0 Å². The number of nitrogens with two attached hydrogens (primary N) is 3. The molecule has 0 aliphatic carbocycles. The topological polar surface area (TPSA) is 153 Å². The predicted octanol–water partition coefficient (Wildman–Crippen LogP) is 2.15. The first-order valence-electron chi connectivity index (χ1n) is 15.0. The number of rotatable bonds is 7. The van der Waals surface area contributed by atoms with E-state index >= 15 is 0 Å². The zero-order chi connectivity index (χ0) is 30.5. The van der Waals surface area contributed by atoms with Crippen molar-refractivity contribution in [3.63, 3.8) is 0 Å². The zero-order valence-corrected chi connectivity index (χ0v) is 25.0. The summed E-state index contributed by atoms with van der Waals surface area (Å²) in [6.07, 6.45) is 2.04. The van der Waals surface area contributed by atoms with Crippen molar-refractivity contribution in [2.75, 3.05) is 52.5 Å². The summed E-state index contributed by atoms with van der Waals surface area (Å²) in [5.41, 5.74) is 21.7. The summed E-state index contributed by atoms with van der Waals surface area (Å²) < 4.78 is 17.7. The maximum absolute atomic E-state index is 13.3. The number of carbonyl (C=O) groups is 1. The van der Waals surface area contributed by atoms with Gasteiger partial charge in [-0.05, 0) is 56.2 Å². The van der Waals surface area contributed by atoms with Gasteiger partial charge in [0.05, 0.1) is 31.1 Å². The molecule has 3 fully saturated rings. The van der Waals surface area contributed by atoms with Crippen LogP contribution in [0.5, 0.6) is 5.75 Å². The average molecular weight is 593 g/mol. The van der Waals surface area contributed by atoms with Gasteiger partial charge >= 0.3 is 0 Å². The molecule has 0 aromatic heterocycles. The molecular weight excluding hydrogens is 548 g/mol. The Hall–Kier alpha value is -3.77. The van der Waals surface area contributed by atoms with Crippen molar-refractivity contribution in [1.29, 1.82) is 0 Å². The molecule has 11 nitrogen and oxygen atoms in total. The van der Waals surface area contributed by atoms with E-state index in [1.807, 2.05) is 43.0 Å². The average Bonchev–Trinajstić information content (AvgIpc) is 3.02. The number of morpholine rings is 1. The Morgan fingerprint density at radius 1 is 0.977 bits per heavy atom. The van der Waals surface area contributed by atoms with Crippen LogP contribution in [0.15, 0.2) is 66.1 Å². The minimum absolute atomic E-state index is 0.0236. The Balaban J connectivity index is 1.24. The monoisotopic (exact) mass is 592 g/mol. The fourth-order valence-corrected chi connectivity index (χ4v) is 5.80. The molecule has 43 heavy (non-hydrogen) atoms. The Kier molecular flexibility index (Phi) is 9.76. The second-order valence-electron chi connectivity index (χ2n) is 11.4. The van der Waals surface area contributed by atoms with Gasteiger partial charge in [-0.2, -0.15) is 0 Å². The van der Waals surface area contributed by atoms with Crippen LogP contribution in [0.3, 0.4) is 0 Å². The lowest BCUT2D eigenvalue weighted by Gasteiger charge is -2.44. The second-order valence-corrected chi connectivity index (χ2v) is 11.4.